The number of rotatable bonds is 18. The molecule has 1 rings (SSSR count). The molecular weight excluding hydrogens is 340 g/mol. The Hall–Kier alpha value is -1.71. The van der Waals surface area contributed by atoms with Crippen molar-refractivity contribution >= 4 is 5.97 Å². The quantitative estimate of drug-likeness (QED) is 0.214. The molecule has 0 saturated carbocycles. The van der Waals surface area contributed by atoms with Crippen LogP contribution < -0.4 is 4.74 Å². The smallest absolute Gasteiger partial charge is 0.371 e. The number of allylic oxidation sites excluding steroid dienone is 2. The lowest BCUT2D eigenvalue weighted by atomic mass is 10.1. The molecule has 4 heteroatoms. The lowest BCUT2D eigenvalue weighted by molar-refractivity contribution is 0.0653. The molecule has 0 aliphatic heterocycles. The molecule has 1 heterocycles. The van der Waals surface area contributed by atoms with Gasteiger partial charge >= 0.3 is 5.97 Å². The number of carboxylic acid groups (broad SMARTS) is 1. The van der Waals surface area contributed by atoms with Crippen LogP contribution in [0.3, 0.4) is 0 Å². The monoisotopic (exact) mass is 378 g/mol. The van der Waals surface area contributed by atoms with Gasteiger partial charge in [-0.3, -0.25) is 0 Å². The SMILES string of the molecule is CCCCCCCC/C=C/CCCCCCCCOc1ccc(C(=O)O)o1. The number of carboxylic acids is 1. The normalized spacial score (nSPS) is 11.3. The maximum atomic E-state index is 10.7. The Balaban J connectivity index is 1.81. The molecule has 0 radical (unpaired) electrons. The summed E-state index contributed by atoms with van der Waals surface area (Å²) in [5.74, 6) is -0.853. The molecule has 0 amide bonds. The molecule has 0 aromatic carbocycles. The van der Waals surface area contributed by atoms with E-state index in [2.05, 4.69) is 19.1 Å². The van der Waals surface area contributed by atoms with Gasteiger partial charge in [-0.15, -0.1) is 0 Å². The van der Waals surface area contributed by atoms with Gasteiger partial charge in [0.05, 0.1) is 6.61 Å². The van der Waals surface area contributed by atoms with Crippen LogP contribution in [-0.2, 0) is 0 Å². The minimum Gasteiger partial charge on any atom is -0.475 e. The number of aromatic carboxylic acids is 1. The van der Waals surface area contributed by atoms with E-state index in [0.717, 1.165) is 12.8 Å². The molecule has 0 atom stereocenters. The van der Waals surface area contributed by atoms with Gasteiger partial charge in [0.25, 0.3) is 5.95 Å². The number of hydrogen-bond acceptors (Lipinski definition) is 3. The number of ether oxygens (including phenoxy) is 1. The Bertz CT molecular complexity index is 504. The van der Waals surface area contributed by atoms with Crippen LogP contribution in [0.25, 0.3) is 0 Å². The van der Waals surface area contributed by atoms with E-state index >= 15 is 0 Å². The van der Waals surface area contributed by atoms with Crippen LogP contribution in [0.2, 0.25) is 0 Å². The fourth-order valence-electron chi connectivity index (χ4n) is 3.04. The van der Waals surface area contributed by atoms with Crippen LogP contribution in [0.5, 0.6) is 5.95 Å². The van der Waals surface area contributed by atoms with Crippen molar-refractivity contribution in [2.24, 2.45) is 0 Å². The van der Waals surface area contributed by atoms with Crippen molar-refractivity contribution in [1.29, 1.82) is 0 Å². The number of unbranched alkanes of at least 4 members (excludes halogenated alkanes) is 12. The molecular formula is C23H38O4. The Kier molecular flexibility index (Phi) is 14.2. The average molecular weight is 379 g/mol. The van der Waals surface area contributed by atoms with E-state index in [4.69, 9.17) is 14.3 Å². The van der Waals surface area contributed by atoms with Gasteiger partial charge in [0.15, 0.2) is 0 Å². The van der Waals surface area contributed by atoms with Gasteiger partial charge in [-0.25, -0.2) is 4.79 Å². The molecule has 0 spiro atoms. The molecule has 0 bridgehead atoms. The average Bonchev–Trinajstić information content (AvgIpc) is 3.13. The zero-order chi connectivity index (χ0) is 19.6. The van der Waals surface area contributed by atoms with E-state index in [-0.39, 0.29) is 5.76 Å². The molecule has 1 N–H and O–H groups in total. The Morgan fingerprint density at radius 2 is 1.44 bits per heavy atom. The molecule has 154 valence electrons. The second-order valence-electron chi connectivity index (χ2n) is 7.21. The van der Waals surface area contributed by atoms with Crippen molar-refractivity contribution in [2.75, 3.05) is 6.61 Å². The zero-order valence-corrected chi connectivity index (χ0v) is 17.1. The molecule has 1 aromatic rings. The fraction of sp³-hybridized carbons (Fsp3) is 0.696. The van der Waals surface area contributed by atoms with Gasteiger partial charge in [0.2, 0.25) is 5.76 Å². The molecule has 0 fully saturated rings. The van der Waals surface area contributed by atoms with Crippen molar-refractivity contribution < 1.29 is 19.1 Å². The maximum absolute atomic E-state index is 10.7. The minimum absolute atomic E-state index is 0.0778. The number of furan rings is 1. The second kappa shape index (κ2) is 16.5. The van der Waals surface area contributed by atoms with E-state index in [1.807, 2.05) is 0 Å². The van der Waals surface area contributed by atoms with E-state index < -0.39 is 5.97 Å². The summed E-state index contributed by atoms with van der Waals surface area (Å²) in [5.41, 5.74) is 0. The third kappa shape index (κ3) is 13.2. The summed E-state index contributed by atoms with van der Waals surface area (Å²) in [7, 11) is 0. The van der Waals surface area contributed by atoms with E-state index in [9.17, 15) is 4.79 Å². The van der Waals surface area contributed by atoms with Crippen LogP contribution >= 0.6 is 0 Å². The summed E-state index contributed by atoms with van der Waals surface area (Å²) in [6.07, 6.45) is 22.6. The molecule has 0 unspecified atom stereocenters. The lowest BCUT2D eigenvalue weighted by Crippen LogP contribution is -1.96. The Labute approximate surface area is 165 Å². The van der Waals surface area contributed by atoms with E-state index in [1.165, 1.54) is 83.1 Å². The van der Waals surface area contributed by atoms with E-state index in [1.54, 1.807) is 6.07 Å². The Morgan fingerprint density at radius 1 is 0.889 bits per heavy atom. The van der Waals surface area contributed by atoms with Crippen LogP contribution in [0.1, 0.15) is 107 Å². The third-order valence-corrected chi connectivity index (χ3v) is 4.69. The standard InChI is InChI=1S/C23H38O4/c1-2-3-4-5-6-7-8-9-10-11-12-13-14-15-16-17-20-26-22-19-18-21(27-22)23(24)25/h9-10,18-19H,2-8,11-17,20H2,1H3,(H,24,25)/b10-9+. The van der Waals surface area contributed by atoms with Gasteiger partial charge < -0.3 is 14.3 Å². The topological polar surface area (TPSA) is 59.7 Å². The summed E-state index contributed by atoms with van der Waals surface area (Å²) < 4.78 is 10.5. The molecule has 4 nitrogen and oxygen atoms in total. The second-order valence-corrected chi connectivity index (χ2v) is 7.21. The predicted octanol–water partition coefficient (Wildman–Crippen LogP) is 7.39. The highest BCUT2D eigenvalue weighted by Gasteiger charge is 2.09. The van der Waals surface area contributed by atoms with Gasteiger partial charge in [-0.1, -0.05) is 76.9 Å². The summed E-state index contributed by atoms with van der Waals surface area (Å²) >= 11 is 0. The van der Waals surface area contributed by atoms with Crippen molar-refractivity contribution in [3.63, 3.8) is 0 Å². The first-order valence-electron chi connectivity index (χ1n) is 10.8. The predicted molar refractivity (Wildman–Crippen MR) is 111 cm³/mol. The number of hydrogen-bond donors (Lipinski definition) is 1. The summed E-state index contributed by atoms with van der Waals surface area (Å²) in [4.78, 5) is 10.7. The van der Waals surface area contributed by atoms with Crippen LogP contribution in [0.4, 0.5) is 0 Å². The van der Waals surface area contributed by atoms with Crippen molar-refractivity contribution in [2.45, 2.75) is 96.8 Å². The first-order chi connectivity index (χ1) is 13.2. The van der Waals surface area contributed by atoms with Crippen LogP contribution in [-0.4, -0.2) is 17.7 Å². The first-order valence-corrected chi connectivity index (χ1v) is 10.8. The highest BCUT2D eigenvalue weighted by Crippen LogP contribution is 2.16. The van der Waals surface area contributed by atoms with Crippen molar-refractivity contribution in [3.05, 3.63) is 30.0 Å². The summed E-state index contributed by atoms with van der Waals surface area (Å²) in [6, 6.07) is 2.98. The van der Waals surface area contributed by atoms with Crippen LogP contribution in [0, 0.1) is 0 Å². The fourth-order valence-corrected chi connectivity index (χ4v) is 3.04. The Morgan fingerprint density at radius 3 is 2.00 bits per heavy atom. The van der Waals surface area contributed by atoms with Crippen molar-refractivity contribution in [1.82, 2.24) is 0 Å². The zero-order valence-electron chi connectivity index (χ0n) is 17.1. The maximum Gasteiger partial charge on any atom is 0.371 e. The highest BCUT2D eigenvalue weighted by atomic mass is 16.6. The first kappa shape index (κ1) is 23.3. The minimum atomic E-state index is -1.07. The summed E-state index contributed by atoms with van der Waals surface area (Å²) in [6.45, 7) is 2.84. The molecule has 27 heavy (non-hydrogen) atoms. The molecule has 0 aliphatic carbocycles. The van der Waals surface area contributed by atoms with E-state index in [0.29, 0.717) is 12.6 Å². The highest BCUT2D eigenvalue weighted by molar-refractivity contribution is 5.84. The number of carbonyl (C=O) groups is 1. The summed E-state index contributed by atoms with van der Waals surface area (Å²) in [5, 5.41) is 8.76. The molecule has 0 aliphatic rings. The van der Waals surface area contributed by atoms with Gasteiger partial charge in [0.1, 0.15) is 0 Å². The van der Waals surface area contributed by atoms with Crippen molar-refractivity contribution in [3.8, 4) is 5.95 Å². The molecule has 0 saturated heterocycles. The van der Waals surface area contributed by atoms with Gasteiger partial charge in [-0.05, 0) is 38.2 Å². The third-order valence-electron chi connectivity index (χ3n) is 4.69. The van der Waals surface area contributed by atoms with Crippen LogP contribution in [0.15, 0.2) is 28.7 Å². The van der Waals surface area contributed by atoms with Gasteiger partial charge in [-0.2, -0.15) is 0 Å². The lowest BCUT2D eigenvalue weighted by Gasteiger charge is -2.03. The molecule has 1 aromatic heterocycles. The van der Waals surface area contributed by atoms with Gasteiger partial charge in [0, 0.05) is 6.07 Å². The largest absolute Gasteiger partial charge is 0.475 e.